The van der Waals surface area contributed by atoms with E-state index in [9.17, 15) is 9.59 Å². The van der Waals surface area contributed by atoms with Crippen LogP contribution in [0.1, 0.15) is 45.4 Å². The van der Waals surface area contributed by atoms with Crippen molar-refractivity contribution in [3.8, 4) is 0 Å². The molecule has 0 aliphatic carbocycles. The molecule has 0 saturated carbocycles. The Morgan fingerprint density at radius 2 is 1.90 bits per heavy atom. The number of hydrogen-bond acceptors (Lipinski definition) is 5. The van der Waals surface area contributed by atoms with E-state index in [4.69, 9.17) is 4.74 Å². The molecule has 2 N–H and O–H groups in total. The van der Waals surface area contributed by atoms with Gasteiger partial charge in [0.25, 0.3) is 5.91 Å². The van der Waals surface area contributed by atoms with Crippen molar-refractivity contribution in [2.45, 2.75) is 27.2 Å². The van der Waals surface area contributed by atoms with E-state index in [0.29, 0.717) is 48.8 Å². The molecule has 1 aromatic carbocycles. The van der Waals surface area contributed by atoms with Crippen LogP contribution in [-0.4, -0.2) is 64.5 Å². The lowest BCUT2D eigenvalue weighted by Gasteiger charge is -2.21. The molecule has 0 unspecified atom stereocenters. The smallest absolute Gasteiger partial charge is 0.340 e. The maximum Gasteiger partial charge on any atom is 0.340 e. The summed E-state index contributed by atoms with van der Waals surface area (Å²) in [4.78, 5) is 40.6. The summed E-state index contributed by atoms with van der Waals surface area (Å²) in [7, 11) is 0. The van der Waals surface area contributed by atoms with E-state index < -0.39 is 5.97 Å². The van der Waals surface area contributed by atoms with Crippen LogP contribution in [0.25, 0.3) is 11.0 Å². The number of carbonyl (C=O) groups excluding carboxylic acids is 2. The molecule has 1 saturated heterocycles. The SMILES string of the molecule is CCOC(=O)c1c(C)[nH]c(C(=O)N2CCCN(c3nc4ccccc4[nH]3)CC2)c1C. The van der Waals surface area contributed by atoms with Gasteiger partial charge < -0.3 is 24.5 Å². The van der Waals surface area contributed by atoms with E-state index in [0.717, 1.165) is 29.9 Å². The van der Waals surface area contributed by atoms with E-state index >= 15 is 0 Å². The van der Waals surface area contributed by atoms with Gasteiger partial charge in [-0.15, -0.1) is 0 Å². The number of imidazole rings is 1. The zero-order valence-electron chi connectivity index (χ0n) is 17.6. The third kappa shape index (κ3) is 3.65. The van der Waals surface area contributed by atoms with Crippen molar-refractivity contribution in [1.82, 2.24) is 19.9 Å². The molecule has 0 bridgehead atoms. The number of H-pyrrole nitrogens is 2. The molecule has 1 amide bonds. The fourth-order valence-electron chi connectivity index (χ4n) is 4.05. The van der Waals surface area contributed by atoms with Crippen molar-refractivity contribution in [1.29, 1.82) is 0 Å². The lowest BCUT2D eigenvalue weighted by molar-refractivity contribution is 0.0525. The van der Waals surface area contributed by atoms with Gasteiger partial charge in [-0.3, -0.25) is 4.79 Å². The Bertz CT molecular complexity index is 1050. The molecule has 2 aromatic heterocycles. The Balaban J connectivity index is 1.50. The van der Waals surface area contributed by atoms with Crippen LogP contribution >= 0.6 is 0 Å². The van der Waals surface area contributed by atoms with Crippen LogP contribution in [-0.2, 0) is 4.74 Å². The number of rotatable bonds is 4. The summed E-state index contributed by atoms with van der Waals surface area (Å²) in [6, 6.07) is 7.96. The van der Waals surface area contributed by atoms with E-state index in [-0.39, 0.29) is 5.91 Å². The Hall–Kier alpha value is -3.29. The summed E-state index contributed by atoms with van der Waals surface area (Å²) in [5, 5.41) is 0. The zero-order valence-corrected chi connectivity index (χ0v) is 17.6. The number of aromatic nitrogens is 3. The highest BCUT2D eigenvalue weighted by molar-refractivity contribution is 6.00. The van der Waals surface area contributed by atoms with Crippen molar-refractivity contribution in [3.63, 3.8) is 0 Å². The van der Waals surface area contributed by atoms with E-state index in [2.05, 4.69) is 19.9 Å². The number of esters is 1. The van der Waals surface area contributed by atoms with Gasteiger partial charge in [-0.2, -0.15) is 0 Å². The Kier molecular flexibility index (Phi) is 5.48. The van der Waals surface area contributed by atoms with E-state index in [1.165, 1.54) is 0 Å². The molecule has 0 radical (unpaired) electrons. The van der Waals surface area contributed by atoms with Gasteiger partial charge >= 0.3 is 5.97 Å². The van der Waals surface area contributed by atoms with Gasteiger partial charge in [-0.05, 0) is 44.9 Å². The summed E-state index contributed by atoms with van der Waals surface area (Å²) < 4.78 is 5.14. The number of nitrogens with zero attached hydrogens (tertiary/aromatic N) is 3. The van der Waals surface area contributed by atoms with Gasteiger partial charge in [-0.25, -0.2) is 9.78 Å². The molecule has 30 heavy (non-hydrogen) atoms. The highest BCUT2D eigenvalue weighted by atomic mass is 16.5. The molecular formula is C22H27N5O3. The van der Waals surface area contributed by atoms with Crippen LogP contribution in [0.5, 0.6) is 0 Å². The highest BCUT2D eigenvalue weighted by Gasteiger charge is 2.27. The van der Waals surface area contributed by atoms with Crippen LogP contribution in [0.15, 0.2) is 24.3 Å². The fourth-order valence-corrected chi connectivity index (χ4v) is 4.05. The topological polar surface area (TPSA) is 94.3 Å². The second kappa shape index (κ2) is 8.22. The number of ether oxygens (including phenoxy) is 1. The number of aryl methyl sites for hydroxylation is 1. The summed E-state index contributed by atoms with van der Waals surface area (Å²) >= 11 is 0. The van der Waals surface area contributed by atoms with Crippen molar-refractivity contribution in [3.05, 3.63) is 46.8 Å². The second-order valence-corrected chi connectivity index (χ2v) is 7.56. The average molecular weight is 409 g/mol. The quantitative estimate of drug-likeness (QED) is 0.646. The van der Waals surface area contributed by atoms with Crippen LogP contribution in [0, 0.1) is 13.8 Å². The minimum atomic E-state index is -0.394. The number of anilines is 1. The molecule has 8 nitrogen and oxygen atoms in total. The number of fused-ring (bicyclic) bond motifs is 1. The molecule has 1 aliphatic rings. The van der Waals surface area contributed by atoms with Crippen LogP contribution in [0.2, 0.25) is 0 Å². The predicted molar refractivity (Wildman–Crippen MR) is 115 cm³/mol. The summed E-state index contributed by atoms with van der Waals surface area (Å²) in [5.74, 6) is 0.356. The van der Waals surface area contributed by atoms with Gasteiger partial charge in [0.15, 0.2) is 0 Å². The molecule has 3 aromatic rings. The molecule has 4 rings (SSSR count). The first-order chi connectivity index (χ1) is 14.5. The van der Waals surface area contributed by atoms with E-state index in [1.54, 1.807) is 20.8 Å². The Labute approximate surface area is 175 Å². The van der Waals surface area contributed by atoms with Crippen molar-refractivity contribution >= 4 is 28.9 Å². The second-order valence-electron chi connectivity index (χ2n) is 7.56. The van der Waals surface area contributed by atoms with Gasteiger partial charge in [0.1, 0.15) is 5.69 Å². The van der Waals surface area contributed by atoms with Crippen molar-refractivity contribution < 1.29 is 14.3 Å². The number of benzene rings is 1. The molecule has 8 heteroatoms. The Morgan fingerprint density at radius 3 is 2.67 bits per heavy atom. The molecule has 0 spiro atoms. The molecular weight excluding hydrogens is 382 g/mol. The number of para-hydroxylation sites is 2. The summed E-state index contributed by atoms with van der Waals surface area (Å²) in [6.45, 7) is 8.41. The van der Waals surface area contributed by atoms with Crippen LogP contribution < -0.4 is 4.90 Å². The highest BCUT2D eigenvalue weighted by Crippen LogP contribution is 2.22. The van der Waals surface area contributed by atoms with Gasteiger partial charge in [-0.1, -0.05) is 12.1 Å². The number of amides is 1. The van der Waals surface area contributed by atoms with Gasteiger partial charge in [0.2, 0.25) is 5.95 Å². The Morgan fingerprint density at radius 1 is 1.10 bits per heavy atom. The minimum absolute atomic E-state index is 0.0856. The van der Waals surface area contributed by atoms with Gasteiger partial charge in [0, 0.05) is 31.9 Å². The third-order valence-electron chi connectivity index (χ3n) is 5.59. The summed E-state index contributed by atoms with van der Waals surface area (Å²) in [5.41, 5.74) is 4.18. The number of carbonyl (C=O) groups is 2. The lowest BCUT2D eigenvalue weighted by atomic mass is 10.1. The average Bonchev–Trinajstić information content (AvgIpc) is 3.18. The minimum Gasteiger partial charge on any atom is -0.462 e. The standard InChI is InChI=1S/C22H27N5O3/c1-4-30-21(29)18-14(2)19(23-15(18)3)20(28)26-10-7-11-27(13-12-26)22-24-16-8-5-6-9-17(16)25-22/h5-6,8-9,23H,4,7,10-13H2,1-3H3,(H,24,25). The first-order valence-corrected chi connectivity index (χ1v) is 10.3. The predicted octanol–water partition coefficient (Wildman–Crippen LogP) is 3.04. The van der Waals surface area contributed by atoms with Crippen LogP contribution in [0.3, 0.4) is 0 Å². The molecule has 1 fully saturated rings. The molecule has 158 valence electrons. The van der Waals surface area contributed by atoms with E-state index in [1.807, 2.05) is 29.2 Å². The first kappa shape index (κ1) is 20.0. The van der Waals surface area contributed by atoms with Gasteiger partial charge in [0.05, 0.1) is 23.2 Å². The third-order valence-corrected chi connectivity index (χ3v) is 5.59. The fraction of sp³-hybridized carbons (Fsp3) is 0.409. The largest absolute Gasteiger partial charge is 0.462 e. The molecule has 3 heterocycles. The number of hydrogen-bond donors (Lipinski definition) is 2. The summed E-state index contributed by atoms with van der Waals surface area (Å²) in [6.07, 6.45) is 0.840. The normalized spacial score (nSPS) is 14.8. The lowest BCUT2D eigenvalue weighted by Crippen LogP contribution is -2.36. The van der Waals surface area contributed by atoms with Crippen LogP contribution in [0.4, 0.5) is 5.95 Å². The first-order valence-electron chi connectivity index (χ1n) is 10.3. The maximum absolute atomic E-state index is 13.2. The number of aromatic amines is 2. The monoisotopic (exact) mass is 409 g/mol. The van der Waals surface area contributed by atoms with Crippen molar-refractivity contribution in [2.24, 2.45) is 0 Å². The molecule has 1 aliphatic heterocycles. The zero-order chi connectivity index (χ0) is 21.3. The molecule has 0 atom stereocenters. The number of nitrogens with one attached hydrogen (secondary N) is 2. The van der Waals surface area contributed by atoms with Crippen molar-refractivity contribution in [2.75, 3.05) is 37.7 Å². The maximum atomic E-state index is 13.2.